The first-order valence-corrected chi connectivity index (χ1v) is 4.84. The van der Waals surface area contributed by atoms with Crippen molar-refractivity contribution in [3.05, 3.63) is 0 Å². The van der Waals surface area contributed by atoms with Crippen molar-refractivity contribution in [2.24, 2.45) is 5.73 Å². The summed E-state index contributed by atoms with van der Waals surface area (Å²) in [4.78, 5) is 2.22. The van der Waals surface area contributed by atoms with Gasteiger partial charge >= 0.3 is 0 Å². The summed E-state index contributed by atoms with van der Waals surface area (Å²) in [5, 5.41) is 10.00. The van der Waals surface area contributed by atoms with Gasteiger partial charge in [0.2, 0.25) is 0 Å². The molecule has 3 N–H and O–H groups in total. The second-order valence-corrected chi connectivity index (χ2v) is 3.78. The van der Waals surface area contributed by atoms with Gasteiger partial charge in [-0.1, -0.05) is 0 Å². The number of nitrogens with two attached hydrogens (primary N) is 1. The number of aliphatic hydroxyl groups is 1. The highest BCUT2D eigenvalue weighted by Gasteiger charge is 2.34. The third-order valence-corrected chi connectivity index (χ3v) is 2.63. The molecular weight excluding hydrogens is 168 g/mol. The van der Waals surface area contributed by atoms with Crippen molar-refractivity contribution in [1.82, 2.24) is 4.90 Å². The maximum Gasteiger partial charge on any atom is 0.0798 e. The molecule has 0 spiro atoms. The zero-order chi connectivity index (χ0) is 9.73. The normalized spacial score (nSPS) is 29.8. The van der Waals surface area contributed by atoms with Gasteiger partial charge in [-0.2, -0.15) is 0 Å². The lowest BCUT2D eigenvalue weighted by molar-refractivity contribution is 0.0401. The maximum absolute atomic E-state index is 10.00. The lowest BCUT2D eigenvalue weighted by Crippen LogP contribution is -2.36. The number of nitrogens with zero attached hydrogens (tertiary/aromatic N) is 1. The first kappa shape index (κ1) is 10.9. The molecule has 78 valence electrons. The Hall–Kier alpha value is -0.160. The average molecular weight is 188 g/mol. The number of methoxy groups -OCH3 is 1. The highest BCUT2D eigenvalue weighted by molar-refractivity contribution is 4.89. The molecule has 0 aromatic heterocycles. The minimum atomic E-state index is -0.539. The summed E-state index contributed by atoms with van der Waals surface area (Å²) < 4.78 is 4.98. The van der Waals surface area contributed by atoms with E-state index in [0.29, 0.717) is 13.0 Å². The van der Waals surface area contributed by atoms with E-state index in [1.54, 1.807) is 7.11 Å². The second kappa shape index (κ2) is 4.91. The van der Waals surface area contributed by atoms with Crippen LogP contribution in [-0.4, -0.2) is 55.5 Å². The first-order valence-electron chi connectivity index (χ1n) is 4.84. The molecule has 13 heavy (non-hydrogen) atoms. The van der Waals surface area contributed by atoms with E-state index in [9.17, 15) is 5.11 Å². The van der Waals surface area contributed by atoms with E-state index in [1.165, 1.54) is 0 Å². The van der Waals surface area contributed by atoms with Crippen molar-refractivity contribution >= 4 is 0 Å². The maximum atomic E-state index is 10.00. The SMILES string of the molecule is COCCN1CCC(O)(CCN)C1. The molecule has 0 aromatic rings. The quantitative estimate of drug-likeness (QED) is 0.606. The van der Waals surface area contributed by atoms with Crippen molar-refractivity contribution in [2.75, 3.05) is 39.9 Å². The van der Waals surface area contributed by atoms with Crippen LogP contribution in [0.3, 0.4) is 0 Å². The molecular formula is C9H20N2O2. The summed E-state index contributed by atoms with van der Waals surface area (Å²) in [5.41, 5.74) is 4.90. The van der Waals surface area contributed by atoms with Gasteiger partial charge in [-0.15, -0.1) is 0 Å². The zero-order valence-electron chi connectivity index (χ0n) is 8.33. The molecule has 1 aliphatic heterocycles. The summed E-state index contributed by atoms with van der Waals surface area (Å²) in [6, 6.07) is 0. The van der Waals surface area contributed by atoms with Crippen LogP contribution in [0.2, 0.25) is 0 Å². The van der Waals surface area contributed by atoms with Crippen LogP contribution in [0.4, 0.5) is 0 Å². The lowest BCUT2D eigenvalue weighted by Gasteiger charge is -2.22. The van der Waals surface area contributed by atoms with Gasteiger partial charge in [0.1, 0.15) is 0 Å². The van der Waals surface area contributed by atoms with E-state index >= 15 is 0 Å². The van der Waals surface area contributed by atoms with E-state index in [-0.39, 0.29) is 0 Å². The minimum absolute atomic E-state index is 0.539. The monoisotopic (exact) mass is 188 g/mol. The number of ether oxygens (including phenoxy) is 1. The van der Waals surface area contributed by atoms with Gasteiger partial charge in [0.15, 0.2) is 0 Å². The van der Waals surface area contributed by atoms with Crippen LogP contribution < -0.4 is 5.73 Å². The summed E-state index contributed by atoms with van der Waals surface area (Å²) in [6.07, 6.45) is 1.55. The van der Waals surface area contributed by atoms with Crippen LogP contribution in [-0.2, 0) is 4.74 Å². The molecule has 0 aromatic carbocycles. The van der Waals surface area contributed by atoms with Crippen LogP contribution in [0.5, 0.6) is 0 Å². The van der Waals surface area contributed by atoms with E-state index in [4.69, 9.17) is 10.5 Å². The van der Waals surface area contributed by atoms with Crippen LogP contribution in [0.1, 0.15) is 12.8 Å². The van der Waals surface area contributed by atoms with Crippen molar-refractivity contribution in [3.8, 4) is 0 Å². The minimum Gasteiger partial charge on any atom is -0.388 e. The van der Waals surface area contributed by atoms with Crippen molar-refractivity contribution < 1.29 is 9.84 Å². The molecule has 0 bridgehead atoms. The molecule has 1 rings (SSSR count). The van der Waals surface area contributed by atoms with E-state index in [2.05, 4.69) is 4.90 Å². The Morgan fingerprint density at radius 1 is 1.62 bits per heavy atom. The molecule has 1 aliphatic rings. The smallest absolute Gasteiger partial charge is 0.0798 e. The topological polar surface area (TPSA) is 58.7 Å². The fourth-order valence-corrected chi connectivity index (χ4v) is 1.82. The Balaban J connectivity index is 2.26. The Bertz CT molecular complexity index is 155. The molecule has 0 aliphatic carbocycles. The van der Waals surface area contributed by atoms with Gasteiger partial charge < -0.3 is 15.6 Å². The molecule has 4 heteroatoms. The van der Waals surface area contributed by atoms with Gasteiger partial charge in [0.05, 0.1) is 12.2 Å². The third-order valence-electron chi connectivity index (χ3n) is 2.63. The molecule has 0 radical (unpaired) electrons. The van der Waals surface area contributed by atoms with E-state index < -0.39 is 5.60 Å². The van der Waals surface area contributed by atoms with Gasteiger partial charge in [0.25, 0.3) is 0 Å². The summed E-state index contributed by atoms with van der Waals surface area (Å²) in [5.74, 6) is 0. The van der Waals surface area contributed by atoms with Gasteiger partial charge in [0, 0.05) is 26.7 Å². The predicted molar refractivity (Wildman–Crippen MR) is 51.6 cm³/mol. The Labute approximate surface area is 79.7 Å². The van der Waals surface area contributed by atoms with Crippen molar-refractivity contribution in [3.63, 3.8) is 0 Å². The molecule has 0 saturated carbocycles. The second-order valence-electron chi connectivity index (χ2n) is 3.78. The van der Waals surface area contributed by atoms with Crippen molar-refractivity contribution in [1.29, 1.82) is 0 Å². The zero-order valence-corrected chi connectivity index (χ0v) is 8.33. The van der Waals surface area contributed by atoms with E-state index in [0.717, 1.165) is 32.7 Å². The molecule has 1 unspecified atom stereocenters. The van der Waals surface area contributed by atoms with Gasteiger partial charge in [-0.3, -0.25) is 4.90 Å². The van der Waals surface area contributed by atoms with E-state index in [1.807, 2.05) is 0 Å². The predicted octanol–water partition coefficient (Wildman–Crippen LogP) is -0.582. The Kier molecular flexibility index (Phi) is 4.12. The summed E-state index contributed by atoms with van der Waals surface area (Å²) >= 11 is 0. The molecule has 1 atom stereocenters. The Morgan fingerprint density at radius 2 is 2.38 bits per heavy atom. The van der Waals surface area contributed by atoms with Gasteiger partial charge in [-0.25, -0.2) is 0 Å². The van der Waals surface area contributed by atoms with Crippen LogP contribution in [0.25, 0.3) is 0 Å². The highest BCUT2D eigenvalue weighted by atomic mass is 16.5. The summed E-state index contributed by atoms with van der Waals surface area (Å²) in [7, 11) is 1.70. The van der Waals surface area contributed by atoms with Crippen LogP contribution in [0, 0.1) is 0 Å². The number of β-amino-alcohol motifs (C(OH)–C–C–N with tert-alkyl or cyclic N) is 1. The van der Waals surface area contributed by atoms with Crippen molar-refractivity contribution in [2.45, 2.75) is 18.4 Å². The number of rotatable bonds is 5. The fourth-order valence-electron chi connectivity index (χ4n) is 1.82. The lowest BCUT2D eigenvalue weighted by atomic mass is 9.99. The molecule has 1 saturated heterocycles. The van der Waals surface area contributed by atoms with Gasteiger partial charge in [-0.05, 0) is 19.4 Å². The molecule has 4 nitrogen and oxygen atoms in total. The number of hydrogen-bond donors (Lipinski definition) is 2. The molecule has 1 heterocycles. The standard InChI is InChI=1S/C9H20N2O2/c1-13-7-6-11-5-3-9(12,8-11)2-4-10/h12H,2-8,10H2,1H3. The highest BCUT2D eigenvalue weighted by Crippen LogP contribution is 2.23. The summed E-state index contributed by atoms with van der Waals surface area (Å²) in [6.45, 7) is 3.91. The largest absolute Gasteiger partial charge is 0.388 e. The number of hydrogen-bond acceptors (Lipinski definition) is 4. The fraction of sp³-hybridized carbons (Fsp3) is 1.00. The molecule has 0 amide bonds. The third kappa shape index (κ3) is 3.23. The Morgan fingerprint density at radius 3 is 3.00 bits per heavy atom. The molecule has 1 fully saturated rings. The van der Waals surface area contributed by atoms with Crippen LogP contribution in [0.15, 0.2) is 0 Å². The first-order chi connectivity index (χ1) is 6.20. The average Bonchev–Trinajstić information content (AvgIpc) is 2.45. The van der Waals surface area contributed by atoms with Crippen LogP contribution >= 0.6 is 0 Å². The number of likely N-dealkylation sites (tertiary alicyclic amines) is 1.